The Morgan fingerprint density at radius 3 is 2.63 bits per heavy atom. The summed E-state index contributed by atoms with van der Waals surface area (Å²) >= 11 is 6.86. The van der Waals surface area contributed by atoms with Gasteiger partial charge in [0, 0.05) is 15.4 Å². The third-order valence-electron chi connectivity index (χ3n) is 3.71. The minimum atomic E-state index is 0.119. The molecular formula is C15H19Br2NO. The van der Waals surface area contributed by atoms with Crippen molar-refractivity contribution in [3.05, 3.63) is 27.1 Å². The maximum atomic E-state index is 11.9. The Morgan fingerprint density at radius 1 is 1.21 bits per heavy atom. The molecule has 1 saturated carbocycles. The Bertz CT molecular complexity index is 442. The largest absolute Gasteiger partial charge is 0.325 e. The number of amides is 1. The maximum Gasteiger partial charge on any atom is 0.224 e. The zero-order chi connectivity index (χ0) is 13.7. The monoisotopic (exact) mass is 387 g/mol. The van der Waals surface area contributed by atoms with E-state index in [-0.39, 0.29) is 5.91 Å². The zero-order valence-corrected chi connectivity index (χ0v) is 14.1. The topological polar surface area (TPSA) is 29.1 Å². The second-order valence-electron chi connectivity index (χ2n) is 5.22. The van der Waals surface area contributed by atoms with Gasteiger partial charge in [0.1, 0.15) is 0 Å². The molecule has 1 N–H and O–H groups in total. The molecule has 1 aliphatic carbocycles. The molecule has 0 atom stereocenters. The number of nitrogens with one attached hydrogen (secondary N) is 1. The molecule has 1 amide bonds. The van der Waals surface area contributed by atoms with Crippen molar-refractivity contribution in [3.8, 4) is 0 Å². The fourth-order valence-electron chi connectivity index (χ4n) is 2.61. The first kappa shape index (κ1) is 15.0. The lowest BCUT2D eigenvalue weighted by atomic mass is 9.86. The summed E-state index contributed by atoms with van der Waals surface area (Å²) in [6, 6.07) is 5.78. The molecule has 0 unspecified atom stereocenters. The Labute approximate surface area is 131 Å². The van der Waals surface area contributed by atoms with Gasteiger partial charge in [0.05, 0.1) is 5.69 Å². The predicted octanol–water partition coefficient (Wildman–Crippen LogP) is 5.51. The smallest absolute Gasteiger partial charge is 0.224 e. The highest BCUT2D eigenvalue weighted by Crippen LogP contribution is 2.29. The SMILES string of the molecule is O=C(CCC1CCCCC1)Nc1ccc(Br)cc1Br. The van der Waals surface area contributed by atoms with Crippen LogP contribution in [0.3, 0.4) is 0 Å². The Hall–Kier alpha value is -0.350. The number of carbonyl (C=O) groups excluding carboxylic acids is 1. The van der Waals surface area contributed by atoms with Gasteiger partial charge in [-0.3, -0.25) is 4.79 Å². The van der Waals surface area contributed by atoms with E-state index in [1.165, 1.54) is 32.1 Å². The van der Waals surface area contributed by atoms with Gasteiger partial charge in [-0.15, -0.1) is 0 Å². The number of halogens is 2. The molecule has 0 bridgehead atoms. The van der Waals surface area contributed by atoms with E-state index in [4.69, 9.17) is 0 Å². The van der Waals surface area contributed by atoms with E-state index >= 15 is 0 Å². The molecule has 1 aromatic rings. The van der Waals surface area contributed by atoms with E-state index in [9.17, 15) is 4.79 Å². The van der Waals surface area contributed by atoms with Crippen molar-refractivity contribution in [1.82, 2.24) is 0 Å². The van der Waals surface area contributed by atoms with Crippen LogP contribution in [-0.2, 0) is 4.79 Å². The molecule has 1 aliphatic rings. The summed E-state index contributed by atoms with van der Waals surface area (Å²) in [5.74, 6) is 0.876. The number of benzene rings is 1. The van der Waals surface area contributed by atoms with Gasteiger partial charge in [-0.05, 0) is 46.5 Å². The molecule has 1 aromatic carbocycles. The molecule has 0 radical (unpaired) electrons. The van der Waals surface area contributed by atoms with Crippen LogP contribution in [0, 0.1) is 5.92 Å². The Kier molecular flexibility index (Phi) is 5.89. The molecule has 0 saturated heterocycles. The molecular weight excluding hydrogens is 370 g/mol. The fraction of sp³-hybridized carbons (Fsp3) is 0.533. The first-order valence-electron chi connectivity index (χ1n) is 6.90. The maximum absolute atomic E-state index is 11.9. The third kappa shape index (κ3) is 4.92. The Balaban J connectivity index is 1.80. The highest BCUT2D eigenvalue weighted by Gasteiger charge is 2.15. The van der Waals surface area contributed by atoms with Crippen molar-refractivity contribution in [2.45, 2.75) is 44.9 Å². The van der Waals surface area contributed by atoms with E-state index in [1.54, 1.807) is 0 Å². The standard InChI is InChI=1S/C15H19Br2NO/c16-12-7-8-14(13(17)10-12)18-15(19)9-6-11-4-2-1-3-5-11/h7-8,10-11H,1-6,9H2,(H,18,19). The normalized spacial score (nSPS) is 16.3. The summed E-state index contributed by atoms with van der Waals surface area (Å²) < 4.78 is 1.91. The number of hydrogen-bond donors (Lipinski definition) is 1. The fourth-order valence-corrected chi connectivity index (χ4v) is 3.76. The zero-order valence-electron chi connectivity index (χ0n) is 10.9. The molecule has 2 nitrogen and oxygen atoms in total. The lowest BCUT2D eigenvalue weighted by Gasteiger charge is -2.21. The van der Waals surface area contributed by atoms with Gasteiger partial charge in [-0.1, -0.05) is 48.0 Å². The third-order valence-corrected chi connectivity index (χ3v) is 4.86. The van der Waals surface area contributed by atoms with Crippen LogP contribution in [0.15, 0.2) is 27.1 Å². The van der Waals surface area contributed by atoms with Crippen LogP contribution in [0.4, 0.5) is 5.69 Å². The summed E-state index contributed by atoms with van der Waals surface area (Å²) in [5.41, 5.74) is 0.844. The van der Waals surface area contributed by atoms with Crippen LogP contribution < -0.4 is 5.32 Å². The predicted molar refractivity (Wildman–Crippen MR) is 86.3 cm³/mol. The molecule has 19 heavy (non-hydrogen) atoms. The van der Waals surface area contributed by atoms with Gasteiger partial charge in [0.25, 0.3) is 0 Å². The number of hydrogen-bond acceptors (Lipinski definition) is 1. The molecule has 4 heteroatoms. The first-order chi connectivity index (χ1) is 9.15. The van der Waals surface area contributed by atoms with Gasteiger partial charge in [0.2, 0.25) is 5.91 Å². The van der Waals surface area contributed by atoms with Crippen molar-refractivity contribution >= 4 is 43.5 Å². The quantitative estimate of drug-likeness (QED) is 0.723. The second kappa shape index (κ2) is 7.44. The second-order valence-corrected chi connectivity index (χ2v) is 6.99. The summed E-state index contributed by atoms with van der Waals surface area (Å²) in [6.45, 7) is 0. The van der Waals surface area contributed by atoms with Crippen LogP contribution >= 0.6 is 31.9 Å². The van der Waals surface area contributed by atoms with Gasteiger partial charge in [0.15, 0.2) is 0 Å². The molecule has 0 spiro atoms. The average Bonchev–Trinajstić information content (AvgIpc) is 2.41. The molecule has 1 fully saturated rings. The minimum Gasteiger partial charge on any atom is -0.325 e. The summed E-state index contributed by atoms with van der Waals surface area (Å²) in [4.78, 5) is 11.9. The van der Waals surface area contributed by atoms with E-state index in [2.05, 4.69) is 37.2 Å². The number of carbonyl (C=O) groups is 1. The van der Waals surface area contributed by atoms with Crippen LogP contribution in [-0.4, -0.2) is 5.91 Å². The summed E-state index contributed by atoms with van der Waals surface area (Å²) in [6.07, 6.45) is 8.31. The molecule has 2 rings (SSSR count). The molecule has 0 aromatic heterocycles. The molecule has 0 heterocycles. The lowest BCUT2D eigenvalue weighted by Crippen LogP contribution is -2.15. The van der Waals surface area contributed by atoms with E-state index in [0.29, 0.717) is 6.42 Å². The van der Waals surface area contributed by atoms with Crippen molar-refractivity contribution in [1.29, 1.82) is 0 Å². The van der Waals surface area contributed by atoms with Crippen molar-refractivity contribution in [3.63, 3.8) is 0 Å². The highest BCUT2D eigenvalue weighted by molar-refractivity contribution is 9.11. The van der Waals surface area contributed by atoms with E-state index < -0.39 is 0 Å². The Morgan fingerprint density at radius 2 is 1.95 bits per heavy atom. The molecule has 104 valence electrons. The van der Waals surface area contributed by atoms with Crippen molar-refractivity contribution < 1.29 is 4.79 Å². The number of anilines is 1. The lowest BCUT2D eigenvalue weighted by molar-refractivity contribution is -0.116. The van der Waals surface area contributed by atoms with Crippen molar-refractivity contribution in [2.24, 2.45) is 5.92 Å². The van der Waals surface area contributed by atoms with Gasteiger partial charge in [-0.25, -0.2) is 0 Å². The van der Waals surface area contributed by atoms with Crippen LogP contribution in [0.2, 0.25) is 0 Å². The van der Waals surface area contributed by atoms with Gasteiger partial charge < -0.3 is 5.32 Å². The number of rotatable bonds is 4. The summed E-state index contributed by atoms with van der Waals surface area (Å²) in [5, 5.41) is 2.97. The first-order valence-corrected chi connectivity index (χ1v) is 8.48. The highest BCUT2D eigenvalue weighted by atomic mass is 79.9. The van der Waals surface area contributed by atoms with Crippen molar-refractivity contribution in [2.75, 3.05) is 5.32 Å². The van der Waals surface area contributed by atoms with Crippen LogP contribution in [0.1, 0.15) is 44.9 Å². The average molecular weight is 389 g/mol. The van der Waals surface area contributed by atoms with Gasteiger partial charge >= 0.3 is 0 Å². The minimum absolute atomic E-state index is 0.119. The van der Waals surface area contributed by atoms with E-state index in [0.717, 1.165) is 27.0 Å². The van der Waals surface area contributed by atoms with Crippen LogP contribution in [0.25, 0.3) is 0 Å². The van der Waals surface area contributed by atoms with Crippen LogP contribution in [0.5, 0.6) is 0 Å². The van der Waals surface area contributed by atoms with Gasteiger partial charge in [-0.2, -0.15) is 0 Å². The summed E-state index contributed by atoms with van der Waals surface area (Å²) in [7, 11) is 0. The molecule has 0 aliphatic heterocycles. The van der Waals surface area contributed by atoms with E-state index in [1.807, 2.05) is 18.2 Å².